The zero-order valence-corrected chi connectivity index (χ0v) is 9.10. The lowest BCUT2D eigenvalue weighted by Gasteiger charge is -2.03. The molecule has 0 radical (unpaired) electrons. The van der Waals surface area contributed by atoms with Crippen molar-refractivity contribution in [3.05, 3.63) is 11.8 Å². The van der Waals surface area contributed by atoms with E-state index in [1.54, 1.807) is 17.9 Å². The van der Waals surface area contributed by atoms with Crippen molar-refractivity contribution in [1.29, 1.82) is 0 Å². The van der Waals surface area contributed by atoms with E-state index in [1.807, 2.05) is 6.26 Å². The summed E-state index contributed by atoms with van der Waals surface area (Å²) in [4.78, 5) is 11.1. The van der Waals surface area contributed by atoms with Crippen molar-refractivity contribution in [3.8, 4) is 0 Å². The first-order chi connectivity index (χ1) is 6.65. The smallest absolute Gasteiger partial charge is 0.230 e. The van der Waals surface area contributed by atoms with Gasteiger partial charge in [-0.3, -0.25) is 9.48 Å². The third kappa shape index (κ3) is 2.66. The summed E-state index contributed by atoms with van der Waals surface area (Å²) in [5.41, 5.74) is 6.56. The number of nitrogen functional groups attached to an aromatic ring is 1. The van der Waals surface area contributed by atoms with E-state index < -0.39 is 0 Å². The maximum atomic E-state index is 11.1. The molecule has 3 N–H and O–H groups in total. The maximum Gasteiger partial charge on any atom is 0.230 e. The first kappa shape index (κ1) is 10.9. The highest BCUT2D eigenvalue weighted by molar-refractivity contribution is 7.99. The largest absolute Gasteiger partial charge is 0.384 e. The van der Waals surface area contributed by atoms with Gasteiger partial charge in [-0.2, -0.15) is 16.9 Å². The summed E-state index contributed by atoms with van der Waals surface area (Å²) in [5.74, 6) is 1.08. The molecule has 0 fully saturated rings. The van der Waals surface area contributed by atoms with Crippen molar-refractivity contribution in [2.75, 3.05) is 17.7 Å². The molecule has 14 heavy (non-hydrogen) atoms. The molecule has 1 aromatic rings. The Morgan fingerprint density at radius 1 is 1.79 bits per heavy atom. The molecule has 5 nitrogen and oxygen atoms in total. The fourth-order valence-electron chi connectivity index (χ4n) is 1.00. The molecule has 0 spiro atoms. The Balaban J connectivity index is 2.46. The normalized spacial score (nSPS) is 10.1. The number of carbonyl (C=O) groups is 1. The number of hydrogen-bond acceptors (Lipinski definition) is 4. The molecule has 0 aliphatic carbocycles. The summed E-state index contributed by atoms with van der Waals surface area (Å²) in [6.45, 7) is 0.444. The van der Waals surface area contributed by atoms with Gasteiger partial charge in [-0.25, -0.2) is 0 Å². The van der Waals surface area contributed by atoms with Crippen LogP contribution in [0.1, 0.15) is 5.56 Å². The summed E-state index contributed by atoms with van der Waals surface area (Å²) in [6.07, 6.45) is 3.55. The SMILES string of the molecule is CSCC(=O)NCc1cnn(C)c1N. The number of hydrogen-bond donors (Lipinski definition) is 2. The van der Waals surface area contributed by atoms with Gasteiger partial charge in [-0.05, 0) is 6.26 Å². The lowest BCUT2D eigenvalue weighted by atomic mass is 10.3. The summed E-state index contributed by atoms with van der Waals surface area (Å²) in [7, 11) is 1.77. The van der Waals surface area contributed by atoms with E-state index in [9.17, 15) is 4.79 Å². The molecule has 0 aliphatic heterocycles. The van der Waals surface area contributed by atoms with Crippen molar-refractivity contribution in [1.82, 2.24) is 15.1 Å². The summed E-state index contributed by atoms with van der Waals surface area (Å²) >= 11 is 1.49. The fraction of sp³-hybridized carbons (Fsp3) is 0.500. The van der Waals surface area contributed by atoms with E-state index in [-0.39, 0.29) is 5.91 Å². The molecule has 0 bridgehead atoms. The second kappa shape index (κ2) is 4.90. The van der Waals surface area contributed by atoms with E-state index >= 15 is 0 Å². The average molecular weight is 214 g/mol. The Labute approximate surface area is 87.0 Å². The summed E-state index contributed by atoms with van der Waals surface area (Å²) < 4.78 is 1.58. The van der Waals surface area contributed by atoms with Crippen LogP contribution < -0.4 is 11.1 Å². The minimum atomic E-state index is 0.0146. The lowest BCUT2D eigenvalue weighted by Crippen LogP contribution is -2.24. The van der Waals surface area contributed by atoms with Crippen LogP contribution in [-0.4, -0.2) is 27.7 Å². The number of nitrogens with one attached hydrogen (secondary N) is 1. The Morgan fingerprint density at radius 2 is 2.50 bits per heavy atom. The second-order valence-corrected chi connectivity index (χ2v) is 3.75. The van der Waals surface area contributed by atoms with Crippen LogP contribution in [0, 0.1) is 0 Å². The molecule has 0 aromatic carbocycles. The topological polar surface area (TPSA) is 72.9 Å². The highest BCUT2D eigenvalue weighted by Crippen LogP contribution is 2.08. The van der Waals surface area contributed by atoms with Gasteiger partial charge in [0.2, 0.25) is 5.91 Å². The molecule has 0 saturated carbocycles. The number of nitrogens with zero attached hydrogens (tertiary/aromatic N) is 2. The van der Waals surface area contributed by atoms with Gasteiger partial charge in [0.05, 0.1) is 11.9 Å². The predicted octanol–water partition coefficient (Wildman–Crippen LogP) is -0.0185. The third-order valence-corrected chi connectivity index (χ3v) is 2.37. The van der Waals surface area contributed by atoms with Crippen LogP contribution in [0.3, 0.4) is 0 Å². The molecule has 0 atom stereocenters. The van der Waals surface area contributed by atoms with Crippen molar-refractivity contribution < 1.29 is 4.79 Å². The highest BCUT2D eigenvalue weighted by Gasteiger charge is 2.05. The quantitative estimate of drug-likeness (QED) is 0.739. The van der Waals surface area contributed by atoms with E-state index in [0.29, 0.717) is 18.1 Å². The molecule has 1 rings (SSSR count). The van der Waals surface area contributed by atoms with Crippen LogP contribution in [0.2, 0.25) is 0 Å². The van der Waals surface area contributed by atoms with Gasteiger partial charge in [-0.15, -0.1) is 0 Å². The van der Waals surface area contributed by atoms with E-state index in [0.717, 1.165) is 5.56 Å². The molecule has 78 valence electrons. The standard InChI is InChI=1S/C8H14N4OS/c1-12-8(9)6(4-11-12)3-10-7(13)5-14-2/h4H,3,5,9H2,1-2H3,(H,10,13). The molecule has 6 heteroatoms. The molecule has 1 aromatic heterocycles. The fourth-order valence-corrected chi connectivity index (χ4v) is 1.37. The van der Waals surface area contributed by atoms with E-state index in [1.165, 1.54) is 11.8 Å². The van der Waals surface area contributed by atoms with Gasteiger partial charge >= 0.3 is 0 Å². The zero-order chi connectivity index (χ0) is 10.6. The van der Waals surface area contributed by atoms with Crippen molar-refractivity contribution in [2.24, 2.45) is 7.05 Å². The van der Waals surface area contributed by atoms with Gasteiger partial charge in [0.25, 0.3) is 0 Å². The van der Waals surface area contributed by atoms with Crippen LogP contribution in [0.15, 0.2) is 6.20 Å². The number of nitrogens with two attached hydrogens (primary N) is 1. The van der Waals surface area contributed by atoms with E-state index in [2.05, 4.69) is 10.4 Å². The molecule has 0 aliphatic rings. The van der Waals surface area contributed by atoms with Crippen LogP contribution >= 0.6 is 11.8 Å². The van der Waals surface area contributed by atoms with Crippen LogP contribution in [0.5, 0.6) is 0 Å². The van der Waals surface area contributed by atoms with Crippen molar-refractivity contribution in [2.45, 2.75) is 6.54 Å². The molecule has 0 saturated heterocycles. The highest BCUT2D eigenvalue weighted by atomic mass is 32.2. The monoisotopic (exact) mass is 214 g/mol. The molecule has 1 amide bonds. The first-order valence-corrected chi connectivity index (χ1v) is 5.56. The van der Waals surface area contributed by atoms with Crippen molar-refractivity contribution in [3.63, 3.8) is 0 Å². The predicted molar refractivity (Wildman–Crippen MR) is 57.8 cm³/mol. The number of aryl methyl sites for hydroxylation is 1. The number of thioether (sulfide) groups is 1. The average Bonchev–Trinajstić information content (AvgIpc) is 2.46. The minimum Gasteiger partial charge on any atom is -0.384 e. The van der Waals surface area contributed by atoms with Crippen LogP contribution in [-0.2, 0) is 18.4 Å². The minimum absolute atomic E-state index is 0.0146. The van der Waals surface area contributed by atoms with Gasteiger partial charge in [0.15, 0.2) is 0 Å². The van der Waals surface area contributed by atoms with Gasteiger partial charge < -0.3 is 11.1 Å². The van der Waals surface area contributed by atoms with E-state index in [4.69, 9.17) is 5.73 Å². The van der Waals surface area contributed by atoms with Gasteiger partial charge in [0, 0.05) is 19.2 Å². The Hall–Kier alpha value is -1.17. The third-order valence-electron chi connectivity index (χ3n) is 1.82. The second-order valence-electron chi connectivity index (χ2n) is 2.89. The van der Waals surface area contributed by atoms with Gasteiger partial charge in [-0.1, -0.05) is 0 Å². The summed E-state index contributed by atoms with van der Waals surface area (Å²) in [6, 6.07) is 0. The molecular formula is C8H14N4OS. The number of rotatable bonds is 4. The Kier molecular flexibility index (Phi) is 3.82. The summed E-state index contributed by atoms with van der Waals surface area (Å²) in [5, 5.41) is 6.74. The molecule has 0 unspecified atom stereocenters. The first-order valence-electron chi connectivity index (χ1n) is 4.17. The maximum absolute atomic E-state index is 11.1. The zero-order valence-electron chi connectivity index (χ0n) is 8.28. The number of aromatic nitrogens is 2. The van der Waals surface area contributed by atoms with Crippen LogP contribution in [0.4, 0.5) is 5.82 Å². The molecule has 1 heterocycles. The Bertz CT molecular complexity index is 323. The number of amides is 1. The molecular weight excluding hydrogens is 200 g/mol. The number of carbonyl (C=O) groups excluding carboxylic acids is 1. The Morgan fingerprint density at radius 3 is 3.00 bits per heavy atom. The van der Waals surface area contributed by atoms with Crippen molar-refractivity contribution >= 4 is 23.5 Å². The van der Waals surface area contributed by atoms with Gasteiger partial charge in [0.1, 0.15) is 5.82 Å². The van der Waals surface area contributed by atoms with Crippen LogP contribution in [0.25, 0.3) is 0 Å². The number of anilines is 1. The lowest BCUT2D eigenvalue weighted by molar-refractivity contribution is -0.118.